The highest BCUT2D eigenvalue weighted by molar-refractivity contribution is 5.71. The van der Waals surface area contributed by atoms with Crippen LogP contribution in [0.5, 0.6) is 5.75 Å². The molecule has 0 aliphatic carbocycles. The first-order valence-electron chi connectivity index (χ1n) is 5.76. The van der Waals surface area contributed by atoms with Crippen LogP contribution in [0.1, 0.15) is 25.3 Å². The van der Waals surface area contributed by atoms with E-state index in [-0.39, 0.29) is 6.42 Å². The summed E-state index contributed by atoms with van der Waals surface area (Å²) in [6, 6.07) is 7.50. The monoisotopic (exact) mass is 238 g/mol. The van der Waals surface area contributed by atoms with Gasteiger partial charge in [0, 0.05) is 0 Å². The molecule has 0 heterocycles. The Kier molecular flexibility index (Phi) is 5.49. The van der Waals surface area contributed by atoms with Gasteiger partial charge in [-0.3, -0.25) is 0 Å². The van der Waals surface area contributed by atoms with Gasteiger partial charge in [0.05, 0.1) is 6.61 Å². The van der Waals surface area contributed by atoms with Crippen molar-refractivity contribution in [3.8, 4) is 5.75 Å². The van der Waals surface area contributed by atoms with Gasteiger partial charge in [-0.25, -0.2) is 4.79 Å². The number of carbonyl (C=O) groups is 1. The van der Waals surface area contributed by atoms with E-state index in [1.807, 2.05) is 31.2 Å². The molecule has 17 heavy (non-hydrogen) atoms. The second-order valence-electron chi connectivity index (χ2n) is 3.89. The molecule has 2 N–H and O–H groups in total. The molecular formula is C13H18O4. The number of aliphatic hydroxyl groups excluding tert-OH is 1. The molecule has 1 rings (SSSR count). The van der Waals surface area contributed by atoms with Gasteiger partial charge in [-0.15, -0.1) is 0 Å². The number of hydrogen-bond donors (Lipinski definition) is 2. The third-order valence-corrected chi connectivity index (χ3v) is 2.39. The Morgan fingerprint density at radius 1 is 1.35 bits per heavy atom. The molecule has 0 unspecified atom stereocenters. The first-order chi connectivity index (χ1) is 8.13. The number of carboxylic acids is 1. The molecule has 0 aliphatic rings. The molecule has 0 saturated heterocycles. The molecule has 1 aromatic carbocycles. The average molecular weight is 238 g/mol. The molecule has 0 bridgehead atoms. The summed E-state index contributed by atoms with van der Waals surface area (Å²) in [7, 11) is 0. The van der Waals surface area contributed by atoms with Crippen LogP contribution in [-0.2, 0) is 11.2 Å². The summed E-state index contributed by atoms with van der Waals surface area (Å²) < 4.78 is 5.43. The topological polar surface area (TPSA) is 66.8 Å². The van der Waals surface area contributed by atoms with Crippen molar-refractivity contribution in [1.82, 2.24) is 0 Å². The van der Waals surface area contributed by atoms with Crippen LogP contribution in [0.3, 0.4) is 0 Å². The molecule has 0 aromatic heterocycles. The number of aliphatic hydroxyl groups is 1. The zero-order valence-corrected chi connectivity index (χ0v) is 9.93. The lowest BCUT2D eigenvalue weighted by Crippen LogP contribution is -2.19. The molecule has 0 aliphatic heterocycles. The standard InChI is InChI=1S/C13H18O4/c1-2-9-17-11-6-3-10(4-7-11)5-8-12(14)13(15)16/h3-4,6-7,12,14H,2,5,8-9H2,1H3,(H,15,16)/t12-/m1/s1. The second kappa shape index (κ2) is 6.91. The van der Waals surface area contributed by atoms with Crippen molar-refractivity contribution in [2.75, 3.05) is 6.61 Å². The van der Waals surface area contributed by atoms with E-state index in [0.29, 0.717) is 13.0 Å². The fourth-order valence-electron chi connectivity index (χ4n) is 1.40. The van der Waals surface area contributed by atoms with Crippen molar-refractivity contribution < 1.29 is 19.7 Å². The van der Waals surface area contributed by atoms with Crippen molar-refractivity contribution in [2.45, 2.75) is 32.3 Å². The largest absolute Gasteiger partial charge is 0.494 e. The van der Waals surface area contributed by atoms with Crippen LogP contribution in [-0.4, -0.2) is 28.9 Å². The summed E-state index contributed by atoms with van der Waals surface area (Å²) in [6.45, 7) is 2.73. The molecule has 0 amide bonds. The lowest BCUT2D eigenvalue weighted by atomic mass is 10.1. The summed E-state index contributed by atoms with van der Waals surface area (Å²) in [6.07, 6.45) is 0.449. The fourth-order valence-corrected chi connectivity index (χ4v) is 1.40. The Bertz CT molecular complexity index is 345. The smallest absolute Gasteiger partial charge is 0.332 e. The van der Waals surface area contributed by atoms with Crippen molar-refractivity contribution in [1.29, 1.82) is 0 Å². The van der Waals surface area contributed by atoms with Crippen LogP contribution >= 0.6 is 0 Å². The summed E-state index contributed by atoms with van der Waals surface area (Å²) in [5.41, 5.74) is 0.995. The van der Waals surface area contributed by atoms with E-state index in [9.17, 15) is 4.79 Å². The Balaban J connectivity index is 2.42. The van der Waals surface area contributed by atoms with Crippen LogP contribution < -0.4 is 4.74 Å². The Morgan fingerprint density at radius 3 is 2.53 bits per heavy atom. The van der Waals surface area contributed by atoms with E-state index in [1.54, 1.807) is 0 Å². The third-order valence-electron chi connectivity index (χ3n) is 2.39. The Labute approximate surface area is 101 Å². The quantitative estimate of drug-likeness (QED) is 0.760. The number of hydrogen-bond acceptors (Lipinski definition) is 3. The fraction of sp³-hybridized carbons (Fsp3) is 0.462. The number of aliphatic carboxylic acids is 1. The van der Waals surface area contributed by atoms with Crippen molar-refractivity contribution >= 4 is 5.97 Å². The third kappa shape index (κ3) is 4.87. The van der Waals surface area contributed by atoms with Crippen molar-refractivity contribution in [3.63, 3.8) is 0 Å². The summed E-state index contributed by atoms with van der Waals surface area (Å²) in [4.78, 5) is 10.4. The maximum absolute atomic E-state index is 10.4. The minimum Gasteiger partial charge on any atom is -0.494 e. The highest BCUT2D eigenvalue weighted by Crippen LogP contribution is 2.14. The van der Waals surface area contributed by atoms with Crippen LogP contribution in [0.25, 0.3) is 0 Å². The predicted molar refractivity (Wildman–Crippen MR) is 64.2 cm³/mol. The van der Waals surface area contributed by atoms with Gasteiger partial charge in [0.1, 0.15) is 5.75 Å². The van der Waals surface area contributed by atoms with Gasteiger partial charge >= 0.3 is 5.97 Å². The number of rotatable bonds is 7. The maximum Gasteiger partial charge on any atom is 0.332 e. The van der Waals surface area contributed by atoms with Crippen LogP contribution in [0, 0.1) is 0 Å². The van der Waals surface area contributed by atoms with Crippen molar-refractivity contribution in [3.05, 3.63) is 29.8 Å². The van der Waals surface area contributed by atoms with Gasteiger partial charge in [0.2, 0.25) is 0 Å². The van der Waals surface area contributed by atoms with Gasteiger partial charge in [-0.1, -0.05) is 19.1 Å². The van der Waals surface area contributed by atoms with Gasteiger partial charge in [-0.2, -0.15) is 0 Å². The number of ether oxygens (including phenoxy) is 1. The Morgan fingerprint density at radius 2 is 2.00 bits per heavy atom. The lowest BCUT2D eigenvalue weighted by Gasteiger charge is -2.07. The molecule has 0 spiro atoms. The van der Waals surface area contributed by atoms with Crippen LogP contribution in [0.4, 0.5) is 0 Å². The second-order valence-corrected chi connectivity index (χ2v) is 3.89. The van der Waals surface area contributed by atoms with E-state index in [4.69, 9.17) is 14.9 Å². The first kappa shape index (κ1) is 13.5. The summed E-state index contributed by atoms with van der Waals surface area (Å²) in [5.74, 6) is -0.359. The van der Waals surface area contributed by atoms with Gasteiger partial charge in [0.25, 0.3) is 0 Å². The number of aryl methyl sites for hydroxylation is 1. The van der Waals surface area contributed by atoms with E-state index in [2.05, 4.69) is 0 Å². The molecule has 1 aromatic rings. The molecule has 4 nitrogen and oxygen atoms in total. The summed E-state index contributed by atoms with van der Waals surface area (Å²) >= 11 is 0. The lowest BCUT2D eigenvalue weighted by molar-refractivity contribution is -0.146. The minimum absolute atomic E-state index is 0.227. The predicted octanol–water partition coefficient (Wildman–Crippen LogP) is 1.85. The highest BCUT2D eigenvalue weighted by atomic mass is 16.5. The molecule has 1 atom stereocenters. The minimum atomic E-state index is -1.29. The first-order valence-corrected chi connectivity index (χ1v) is 5.76. The maximum atomic E-state index is 10.4. The van der Waals surface area contributed by atoms with Crippen LogP contribution in [0.15, 0.2) is 24.3 Å². The highest BCUT2D eigenvalue weighted by Gasteiger charge is 2.12. The molecule has 4 heteroatoms. The van der Waals surface area contributed by atoms with E-state index in [1.165, 1.54) is 0 Å². The summed E-state index contributed by atoms with van der Waals surface area (Å²) in [5, 5.41) is 17.7. The molecule has 0 radical (unpaired) electrons. The van der Waals surface area contributed by atoms with Crippen molar-refractivity contribution in [2.24, 2.45) is 0 Å². The molecular weight excluding hydrogens is 220 g/mol. The molecule has 0 saturated carbocycles. The zero-order chi connectivity index (χ0) is 12.7. The SMILES string of the molecule is CCCOc1ccc(CC[C@@H](O)C(=O)O)cc1. The number of carboxylic acid groups (broad SMARTS) is 1. The normalized spacial score (nSPS) is 12.1. The van der Waals surface area contributed by atoms with Crippen LogP contribution in [0.2, 0.25) is 0 Å². The molecule has 94 valence electrons. The van der Waals surface area contributed by atoms with Gasteiger partial charge in [0.15, 0.2) is 6.10 Å². The number of benzene rings is 1. The van der Waals surface area contributed by atoms with E-state index < -0.39 is 12.1 Å². The van der Waals surface area contributed by atoms with E-state index >= 15 is 0 Å². The molecule has 0 fully saturated rings. The Hall–Kier alpha value is -1.55. The average Bonchev–Trinajstić information content (AvgIpc) is 2.34. The van der Waals surface area contributed by atoms with Gasteiger partial charge < -0.3 is 14.9 Å². The zero-order valence-electron chi connectivity index (χ0n) is 9.93. The van der Waals surface area contributed by atoms with Gasteiger partial charge in [-0.05, 0) is 37.0 Å². The van der Waals surface area contributed by atoms with E-state index in [0.717, 1.165) is 17.7 Å².